The first-order valence-corrected chi connectivity index (χ1v) is 9.05. The topological polar surface area (TPSA) is 72.3 Å². The van der Waals surface area contributed by atoms with Crippen molar-refractivity contribution in [3.05, 3.63) is 69.8 Å². The van der Waals surface area contributed by atoms with Crippen LogP contribution in [0.3, 0.4) is 0 Å². The molecule has 0 saturated heterocycles. The molecule has 28 heavy (non-hydrogen) atoms. The molecule has 0 saturated carbocycles. The van der Waals surface area contributed by atoms with Crippen LogP contribution in [0.1, 0.15) is 40.3 Å². The second kappa shape index (κ2) is 9.69. The largest absolute Gasteiger partial charge is 0.398 e. The maximum atomic E-state index is 12.2. The van der Waals surface area contributed by atoms with Crippen LogP contribution in [-0.2, 0) is 21.1 Å². The Morgan fingerprint density at radius 3 is 2.43 bits per heavy atom. The van der Waals surface area contributed by atoms with Gasteiger partial charge in [-0.25, -0.2) is 0 Å². The number of carbonyl (C=O) groups excluding carboxylic acids is 1. The molecule has 6 nitrogen and oxygen atoms in total. The summed E-state index contributed by atoms with van der Waals surface area (Å²) in [6.45, 7) is 8.22. The third-order valence-corrected chi connectivity index (χ3v) is 4.63. The first-order chi connectivity index (χ1) is 13.4. The average Bonchev–Trinajstić information content (AvgIpc) is 2.68. The number of hydrogen-bond donors (Lipinski definition) is 1. The highest BCUT2D eigenvalue weighted by molar-refractivity contribution is 6.45. The molecule has 6 heteroatoms. The number of oxime groups is 2. The van der Waals surface area contributed by atoms with Crippen LogP contribution < -0.4 is 5.32 Å². The van der Waals surface area contributed by atoms with E-state index < -0.39 is 0 Å². The van der Waals surface area contributed by atoms with Gasteiger partial charge in [-0.2, -0.15) is 0 Å². The number of nitrogens with zero attached hydrogens (tertiary/aromatic N) is 2. The van der Waals surface area contributed by atoms with Gasteiger partial charge in [0.2, 0.25) is 0 Å². The van der Waals surface area contributed by atoms with Crippen LogP contribution in [0.25, 0.3) is 0 Å². The molecule has 0 fully saturated rings. The molecule has 0 radical (unpaired) electrons. The van der Waals surface area contributed by atoms with E-state index in [2.05, 4.69) is 41.6 Å². The van der Waals surface area contributed by atoms with Crippen molar-refractivity contribution in [3.63, 3.8) is 0 Å². The van der Waals surface area contributed by atoms with E-state index in [1.165, 1.54) is 18.2 Å². The highest BCUT2D eigenvalue weighted by Gasteiger charge is 2.19. The number of hydrogen-bond acceptors (Lipinski definition) is 5. The SMILES string of the molecule is CNC(=O)/C(=N/OC)c1cccc(C)c1CO/N=C(\C)c1ccc(C)c(C)c1. The lowest BCUT2D eigenvalue weighted by atomic mass is 9.98. The van der Waals surface area contributed by atoms with Crippen molar-refractivity contribution in [3.8, 4) is 0 Å². The molecule has 0 heterocycles. The highest BCUT2D eigenvalue weighted by atomic mass is 16.6. The van der Waals surface area contributed by atoms with Crippen LogP contribution in [0, 0.1) is 20.8 Å². The van der Waals surface area contributed by atoms with E-state index in [0.717, 1.165) is 22.4 Å². The first kappa shape index (κ1) is 21.2. The Bertz CT molecular complexity index is 917. The first-order valence-electron chi connectivity index (χ1n) is 9.05. The molecule has 0 atom stereocenters. The summed E-state index contributed by atoms with van der Waals surface area (Å²) in [7, 11) is 2.96. The van der Waals surface area contributed by atoms with Crippen molar-refractivity contribution in [1.29, 1.82) is 0 Å². The minimum Gasteiger partial charge on any atom is -0.398 e. The van der Waals surface area contributed by atoms with E-state index in [1.807, 2.05) is 38.1 Å². The molecule has 1 N–H and O–H groups in total. The van der Waals surface area contributed by atoms with Gasteiger partial charge < -0.3 is 15.0 Å². The standard InChI is InChI=1S/C22H27N3O3/c1-14-10-11-18(12-16(14)3)17(4)24-28-13-20-15(2)8-7-9-19(20)21(25-27-6)22(26)23-5/h7-12H,13H2,1-6H3,(H,23,26)/b24-17+,25-21+. The van der Waals surface area contributed by atoms with Gasteiger partial charge in [-0.1, -0.05) is 40.6 Å². The smallest absolute Gasteiger partial charge is 0.273 e. The number of benzene rings is 2. The van der Waals surface area contributed by atoms with Crippen LogP contribution in [0.15, 0.2) is 46.7 Å². The molecule has 0 unspecified atom stereocenters. The van der Waals surface area contributed by atoms with Crippen molar-refractivity contribution >= 4 is 17.3 Å². The fraction of sp³-hybridized carbons (Fsp3) is 0.318. The van der Waals surface area contributed by atoms with Crippen LogP contribution in [0.5, 0.6) is 0 Å². The van der Waals surface area contributed by atoms with Crippen LogP contribution in [0.2, 0.25) is 0 Å². The summed E-state index contributed by atoms with van der Waals surface area (Å²) in [6, 6.07) is 11.8. The molecule has 0 aliphatic carbocycles. The van der Waals surface area contributed by atoms with E-state index >= 15 is 0 Å². The maximum absolute atomic E-state index is 12.2. The summed E-state index contributed by atoms with van der Waals surface area (Å²) in [6.07, 6.45) is 0. The molecule has 0 spiro atoms. The van der Waals surface area contributed by atoms with E-state index in [4.69, 9.17) is 9.68 Å². The molecular formula is C22H27N3O3. The molecule has 2 rings (SSSR count). The molecule has 0 bridgehead atoms. The Labute approximate surface area is 166 Å². The minimum atomic E-state index is -0.330. The Kier molecular flexibility index (Phi) is 7.32. The summed E-state index contributed by atoms with van der Waals surface area (Å²) in [5.74, 6) is -0.330. The monoisotopic (exact) mass is 381 g/mol. The van der Waals surface area contributed by atoms with E-state index in [1.54, 1.807) is 7.05 Å². The molecule has 2 aromatic rings. The minimum absolute atomic E-state index is 0.196. The lowest BCUT2D eigenvalue weighted by molar-refractivity contribution is -0.114. The summed E-state index contributed by atoms with van der Waals surface area (Å²) in [5, 5.41) is 10.7. The Morgan fingerprint density at radius 1 is 1.04 bits per heavy atom. The normalized spacial score (nSPS) is 11.9. The number of aryl methyl sites for hydroxylation is 3. The third kappa shape index (κ3) is 4.97. The fourth-order valence-electron chi connectivity index (χ4n) is 2.75. The number of carbonyl (C=O) groups is 1. The Balaban J connectivity index is 2.27. The predicted molar refractivity (Wildman–Crippen MR) is 112 cm³/mol. The summed E-state index contributed by atoms with van der Waals surface area (Å²) in [4.78, 5) is 22.7. The van der Waals surface area contributed by atoms with Crippen LogP contribution >= 0.6 is 0 Å². The number of nitrogens with one attached hydrogen (secondary N) is 1. The van der Waals surface area contributed by atoms with Crippen LogP contribution in [0.4, 0.5) is 0 Å². The molecule has 148 valence electrons. The molecular weight excluding hydrogens is 354 g/mol. The molecule has 2 aromatic carbocycles. The fourth-order valence-corrected chi connectivity index (χ4v) is 2.75. The van der Waals surface area contributed by atoms with E-state index in [-0.39, 0.29) is 18.2 Å². The zero-order chi connectivity index (χ0) is 20.7. The lowest BCUT2D eigenvalue weighted by Crippen LogP contribution is -2.29. The van der Waals surface area contributed by atoms with Gasteiger partial charge >= 0.3 is 0 Å². The van der Waals surface area contributed by atoms with Gasteiger partial charge in [-0.3, -0.25) is 4.79 Å². The second-order valence-electron chi connectivity index (χ2n) is 6.55. The van der Waals surface area contributed by atoms with Gasteiger partial charge in [0.05, 0.1) is 5.71 Å². The van der Waals surface area contributed by atoms with Crippen molar-refractivity contribution in [2.45, 2.75) is 34.3 Å². The second-order valence-corrected chi connectivity index (χ2v) is 6.55. The van der Waals surface area contributed by atoms with Gasteiger partial charge in [0, 0.05) is 18.2 Å². The number of rotatable bonds is 7. The quantitative estimate of drug-likeness (QED) is 0.588. The van der Waals surface area contributed by atoms with Crippen molar-refractivity contribution < 1.29 is 14.5 Å². The molecule has 0 aliphatic heterocycles. The maximum Gasteiger partial charge on any atom is 0.273 e. The van der Waals surface area contributed by atoms with Gasteiger partial charge in [-0.15, -0.1) is 0 Å². The summed E-state index contributed by atoms with van der Waals surface area (Å²) >= 11 is 0. The zero-order valence-corrected chi connectivity index (χ0v) is 17.3. The van der Waals surface area contributed by atoms with Gasteiger partial charge in [0.25, 0.3) is 5.91 Å². The van der Waals surface area contributed by atoms with Gasteiger partial charge in [0.15, 0.2) is 5.71 Å². The zero-order valence-electron chi connectivity index (χ0n) is 17.3. The highest BCUT2D eigenvalue weighted by Crippen LogP contribution is 2.18. The lowest BCUT2D eigenvalue weighted by Gasteiger charge is -2.13. The molecule has 0 aromatic heterocycles. The van der Waals surface area contributed by atoms with E-state index in [9.17, 15) is 4.79 Å². The summed E-state index contributed by atoms with van der Waals surface area (Å²) in [5.41, 5.74) is 6.90. The number of amides is 1. The Morgan fingerprint density at radius 2 is 1.79 bits per heavy atom. The molecule has 0 aliphatic rings. The van der Waals surface area contributed by atoms with Crippen molar-refractivity contribution in [2.24, 2.45) is 10.3 Å². The van der Waals surface area contributed by atoms with Gasteiger partial charge in [-0.05, 0) is 56.0 Å². The summed E-state index contributed by atoms with van der Waals surface area (Å²) < 4.78 is 0. The van der Waals surface area contributed by atoms with E-state index in [0.29, 0.717) is 5.56 Å². The average molecular weight is 381 g/mol. The van der Waals surface area contributed by atoms with Crippen molar-refractivity contribution in [2.75, 3.05) is 14.2 Å². The van der Waals surface area contributed by atoms with Crippen molar-refractivity contribution in [1.82, 2.24) is 5.32 Å². The number of likely N-dealkylation sites (N-methyl/N-ethyl adjacent to an activating group) is 1. The van der Waals surface area contributed by atoms with Gasteiger partial charge in [0.1, 0.15) is 13.7 Å². The predicted octanol–water partition coefficient (Wildman–Crippen LogP) is 3.65. The Hall–Kier alpha value is -3.15. The third-order valence-electron chi connectivity index (χ3n) is 4.63. The van der Waals surface area contributed by atoms with Crippen LogP contribution in [-0.4, -0.2) is 31.5 Å². The molecule has 1 amide bonds.